The summed E-state index contributed by atoms with van der Waals surface area (Å²) in [5, 5.41) is 0. The minimum Gasteiger partial charge on any atom is -0.459 e. The van der Waals surface area contributed by atoms with Gasteiger partial charge in [0.05, 0.1) is 10.6 Å². The first-order valence-electron chi connectivity index (χ1n) is 4.38. The van der Waals surface area contributed by atoms with E-state index in [4.69, 9.17) is 10.5 Å². The number of benzene rings is 1. The Bertz CT molecular complexity index is 393. The zero-order chi connectivity index (χ0) is 11.6. The van der Waals surface area contributed by atoms with E-state index in [0.29, 0.717) is 5.69 Å². The lowest BCUT2D eigenvalue weighted by molar-refractivity contribution is 0.0371. The van der Waals surface area contributed by atoms with Crippen LogP contribution in [0.25, 0.3) is 0 Å². The second-order valence-corrected chi connectivity index (χ2v) is 4.07. The number of hydrogen-bond acceptors (Lipinski definition) is 3. The third-order valence-electron chi connectivity index (χ3n) is 1.67. The Kier molecular flexibility index (Phi) is 3.68. The zero-order valence-electron chi connectivity index (χ0n) is 8.38. The summed E-state index contributed by atoms with van der Waals surface area (Å²) in [5.41, 5.74) is 5.67. The van der Waals surface area contributed by atoms with Crippen LogP contribution < -0.4 is 5.73 Å². The van der Waals surface area contributed by atoms with Crippen molar-refractivity contribution in [1.29, 1.82) is 0 Å². The number of hydrogen-bond donors (Lipinski definition) is 1. The van der Waals surface area contributed by atoms with Crippen LogP contribution in [-0.4, -0.2) is 12.1 Å². The van der Waals surface area contributed by atoms with E-state index in [1.165, 1.54) is 6.07 Å². The van der Waals surface area contributed by atoms with E-state index in [2.05, 4.69) is 15.9 Å². The number of halogens is 2. The minimum atomic E-state index is -0.721. The largest absolute Gasteiger partial charge is 0.459 e. The maximum atomic E-state index is 13.3. The van der Waals surface area contributed by atoms with Gasteiger partial charge in [-0.05, 0) is 41.9 Å². The van der Waals surface area contributed by atoms with Crippen molar-refractivity contribution in [3.8, 4) is 0 Å². The minimum absolute atomic E-state index is 0.163. The summed E-state index contributed by atoms with van der Waals surface area (Å²) in [6, 6.07) is 2.52. The summed E-state index contributed by atoms with van der Waals surface area (Å²) in [6.45, 7) is 3.38. The summed E-state index contributed by atoms with van der Waals surface area (Å²) in [7, 11) is 0. The number of carbonyl (C=O) groups excluding carboxylic acids is 1. The molecule has 1 aromatic carbocycles. The van der Waals surface area contributed by atoms with Crippen LogP contribution in [0.5, 0.6) is 0 Å². The number of nitrogen functional groups attached to an aromatic ring is 1. The third-order valence-corrected chi connectivity index (χ3v) is 2.52. The van der Waals surface area contributed by atoms with Gasteiger partial charge in [-0.25, -0.2) is 9.18 Å². The van der Waals surface area contributed by atoms with Crippen molar-refractivity contribution in [2.45, 2.75) is 20.0 Å². The van der Waals surface area contributed by atoms with Crippen LogP contribution >= 0.6 is 15.9 Å². The lowest BCUT2D eigenvalue weighted by Crippen LogP contribution is -2.14. The lowest BCUT2D eigenvalue weighted by atomic mass is 10.2. The fourth-order valence-corrected chi connectivity index (χ4v) is 1.51. The first-order valence-corrected chi connectivity index (χ1v) is 5.17. The van der Waals surface area contributed by atoms with Crippen LogP contribution in [0.4, 0.5) is 10.1 Å². The van der Waals surface area contributed by atoms with Crippen molar-refractivity contribution >= 4 is 27.6 Å². The maximum Gasteiger partial charge on any atom is 0.342 e. The smallest absolute Gasteiger partial charge is 0.342 e. The van der Waals surface area contributed by atoms with Gasteiger partial charge in [-0.1, -0.05) is 0 Å². The highest BCUT2D eigenvalue weighted by molar-refractivity contribution is 9.10. The Morgan fingerprint density at radius 3 is 2.67 bits per heavy atom. The molecule has 0 heterocycles. The molecule has 0 aliphatic heterocycles. The molecular weight excluding hydrogens is 265 g/mol. The summed E-state index contributed by atoms with van der Waals surface area (Å²) in [5.74, 6) is -1.37. The molecule has 0 unspecified atom stereocenters. The number of esters is 1. The lowest BCUT2D eigenvalue weighted by Gasteiger charge is -2.10. The second-order valence-electron chi connectivity index (χ2n) is 3.28. The Balaban J connectivity index is 3.13. The Morgan fingerprint density at radius 1 is 1.53 bits per heavy atom. The Morgan fingerprint density at radius 2 is 2.13 bits per heavy atom. The molecule has 82 valence electrons. The van der Waals surface area contributed by atoms with Gasteiger partial charge in [-0.2, -0.15) is 0 Å². The summed E-state index contributed by atoms with van der Waals surface area (Å²) < 4.78 is 18.5. The van der Waals surface area contributed by atoms with Gasteiger partial charge in [0.2, 0.25) is 0 Å². The molecule has 0 saturated carbocycles. The maximum absolute atomic E-state index is 13.3. The average molecular weight is 276 g/mol. The van der Waals surface area contributed by atoms with E-state index in [1.807, 2.05) is 0 Å². The Hall–Kier alpha value is -1.10. The van der Waals surface area contributed by atoms with Gasteiger partial charge >= 0.3 is 5.97 Å². The molecule has 0 aromatic heterocycles. The molecule has 0 atom stereocenters. The van der Waals surface area contributed by atoms with E-state index in [1.54, 1.807) is 13.8 Å². The van der Waals surface area contributed by atoms with Crippen LogP contribution in [-0.2, 0) is 4.74 Å². The predicted molar refractivity (Wildman–Crippen MR) is 59.1 cm³/mol. The molecule has 0 spiro atoms. The molecule has 0 radical (unpaired) electrons. The van der Waals surface area contributed by atoms with Crippen LogP contribution in [0.1, 0.15) is 24.2 Å². The molecule has 1 aromatic rings. The van der Waals surface area contributed by atoms with Crippen molar-refractivity contribution in [3.05, 3.63) is 28.0 Å². The van der Waals surface area contributed by atoms with E-state index < -0.39 is 11.8 Å². The van der Waals surface area contributed by atoms with Gasteiger partial charge in [-0.3, -0.25) is 0 Å². The molecule has 5 heteroatoms. The van der Waals surface area contributed by atoms with Crippen molar-refractivity contribution in [3.63, 3.8) is 0 Å². The monoisotopic (exact) mass is 275 g/mol. The molecule has 0 amide bonds. The highest BCUT2D eigenvalue weighted by Gasteiger charge is 2.19. The van der Waals surface area contributed by atoms with Crippen molar-refractivity contribution in [2.75, 3.05) is 5.73 Å². The van der Waals surface area contributed by atoms with E-state index in [0.717, 1.165) is 6.07 Å². The molecule has 0 fully saturated rings. The fourth-order valence-electron chi connectivity index (χ4n) is 1.03. The predicted octanol–water partition coefficient (Wildman–Crippen LogP) is 2.74. The SMILES string of the molecule is CC(C)OC(=O)c1c(F)ccc(N)c1Br. The standard InChI is InChI=1S/C10H11BrFNO2/c1-5(2)15-10(14)8-6(12)3-4-7(13)9(8)11/h3-5H,13H2,1-2H3. The first-order chi connectivity index (χ1) is 6.93. The fraction of sp³-hybridized carbons (Fsp3) is 0.300. The Labute approximate surface area is 95.5 Å². The molecule has 0 saturated heterocycles. The molecule has 1 rings (SSSR count). The number of carbonyl (C=O) groups is 1. The molecule has 15 heavy (non-hydrogen) atoms. The van der Waals surface area contributed by atoms with E-state index >= 15 is 0 Å². The molecule has 0 bridgehead atoms. The van der Waals surface area contributed by atoms with Crippen LogP contribution in [0.15, 0.2) is 16.6 Å². The van der Waals surface area contributed by atoms with Crippen molar-refractivity contribution in [1.82, 2.24) is 0 Å². The normalized spacial score (nSPS) is 10.5. The highest BCUT2D eigenvalue weighted by atomic mass is 79.9. The average Bonchev–Trinajstić information content (AvgIpc) is 2.11. The van der Waals surface area contributed by atoms with Gasteiger partial charge in [0.25, 0.3) is 0 Å². The molecule has 0 aliphatic carbocycles. The van der Waals surface area contributed by atoms with Crippen LogP contribution in [0, 0.1) is 5.82 Å². The first kappa shape index (κ1) is 12.0. The third kappa shape index (κ3) is 2.68. The number of rotatable bonds is 2. The van der Waals surface area contributed by atoms with Gasteiger partial charge in [0, 0.05) is 5.69 Å². The highest BCUT2D eigenvalue weighted by Crippen LogP contribution is 2.27. The van der Waals surface area contributed by atoms with Crippen LogP contribution in [0.3, 0.4) is 0 Å². The van der Waals surface area contributed by atoms with E-state index in [9.17, 15) is 9.18 Å². The summed E-state index contributed by atoms with van der Waals surface area (Å²) in [6.07, 6.45) is -0.301. The number of anilines is 1. The summed E-state index contributed by atoms with van der Waals surface area (Å²) >= 11 is 3.06. The van der Waals surface area contributed by atoms with Crippen molar-refractivity contribution < 1.29 is 13.9 Å². The number of ether oxygens (including phenoxy) is 1. The topological polar surface area (TPSA) is 52.3 Å². The molecule has 0 aliphatic rings. The quantitative estimate of drug-likeness (QED) is 0.667. The van der Waals surface area contributed by atoms with Crippen molar-refractivity contribution in [2.24, 2.45) is 0 Å². The van der Waals surface area contributed by atoms with E-state index in [-0.39, 0.29) is 16.1 Å². The van der Waals surface area contributed by atoms with Gasteiger partial charge in [0.1, 0.15) is 11.4 Å². The van der Waals surface area contributed by atoms with Crippen LogP contribution in [0.2, 0.25) is 0 Å². The molecule has 3 nitrogen and oxygen atoms in total. The summed E-state index contributed by atoms with van der Waals surface area (Å²) in [4.78, 5) is 11.5. The van der Waals surface area contributed by atoms with Gasteiger partial charge < -0.3 is 10.5 Å². The van der Waals surface area contributed by atoms with Gasteiger partial charge in [-0.15, -0.1) is 0 Å². The van der Waals surface area contributed by atoms with Gasteiger partial charge in [0.15, 0.2) is 0 Å². The number of nitrogens with two attached hydrogens (primary N) is 1. The second kappa shape index (κ2) is 4.61. The molecular formula is C10H11BrFNO2. The zero-order valence-corrected chi connectivity index (χ0v) is 9.97. The molecule has 2 N–H and O–H groups in total.